The van der Waals surface area contributed by atoms with E-state index in [1.807, 2.05) is 36.2 Å². The average Bonchev–Trinajstić information content (AvgIpc) is 3.27. The van der Waals surface area contributed by atoms with Crippen molar-refractivity contribution >= 4 is 41.1 Å². The predicted molar refractivity (Wildman–Crippen MR) is 143 cm³/mol. The van der Waals surface area contributed by atoms with Gasteiger partial charge in [0.2, 0.25) is 0 Å². The number of nitrogens with zero attached hydrogens (tertiary/aromatic N) is 2. The second-order valence-corrected chi connectivity index (χ2v) is 9.12. The molecule has 0 aliphatic heterocycles. The lowest BCUT2D eigenvalue weighted by atomic mass is 9.98. The number of amides is 2. The van der Waals surface area contributed by atoms with Gasteiger partial charge in [-0.05, 0) is 92.0 Å². The zero-order chi connectivity index (χ0) is 24.5. The van der Waals surface area contributed by atoms with Gasteiger partial charge in [-0.15, -0.1) is 11.3 Å². The monoisotopic (exact) mass is 476 g/mol. The summed E-state index contributed by atoms with van der Waals surface area (Å²) in [7, 11) is 1.72. The van der Waals surface area contributed by atoms with Gasteiger partial charge >= 0.3 is 11.8 Å². The summed E-state index contributed by atoms with van der Waals surface area (Å²) in [6.07, 6.45) is 14.5. The van der Waals surface area contributed by atoms with Gasteiger partial charge in [-0.25, -0.2) is 0 Å². The Labute approximate surface area is 205 Å². The van der Waals surface area contributed by atoms with Gasteiger partial charge in [-0.2, -0.15) is 0 Å². The predicted octanol–water partition coefficient (Wildman–Crippen LogP) is 5.16. The van der Waals surface area contributed by atoms with Crippen molar-refractivity contribution in [2.24, 2.45) is 4.99 Å². The van der Waals surface area contributed by atoms with E-state index in [0.29, 0.717) is 25.2 Å². The van der Waals surface area contributed by atoms with E-state index in [2.05, 4.69) is 47.3 Å². The van der Waals surface area contributed by atoms with Crippen molar-refractivity contribution in [1.82, 2.24) is 10.2 Å². The molecular weight excluding hydrogens is 444 g/mol. The third-order valence-corrected chi connectivity index (χ3v) is 6.77. The van der Waals surface area contributed by atoms with Gasteiger partial charge in [0, 0.05) is 41.8 Å². The van der Waals surface area contributed by atoms with Crippen molar-refractivity contribution in [3.05, 3.63) is 70.9 Å². The van der Waals surface area contributed by atoms with Crippen molar-refractivity contribution in [2.45, 2.75) is 33.1 Å². The molecule has 1 aliphatic carbocycles. The standard InChI is InChI=1S/C27H32N4O2S/c1-5-13-31(6-2)14-9-12-29-26(32)27(33)30-22-15-21(18-28-4)19(3)23(17-22)25-16-20-10-7-8-11-24(20)34-25/h5-6,8,11,13,15-18H,2,7,9-10,12,14H2,1,3-4H3,(H,29,32)(H,30,33)/b13-5-,28-18?. The van der Waals surface area contributed by atoms with Gasteiger partial charge in [0.1, 0.15) is 0 Å². The van der Waals surface area contributed by atoms with E-state index in [4.69, 9.17) is 0 Å². The maximum atomic E-state index is 12.6. The minimum atomic E-state index is -0.684. The van der Waals surface area contributed by atoms with E-state index in [1.54, 1.807) is 30.8 Å². The molecule has 0 saturated heterocycles. The number of aliphatic imine (C=N–C) groups is 1. The molecule has 3 rings (SSSR count). The molecule has 2 N–H and O–H groups in total. The second kappa shape index (κ2) is 12.1. The van der Waals surface area contributed by atoms with Crippen molar-refractivity contribution in [3.63, 3.8) is 0 Å². The van der Waals surface area contributed by atoms with Crippen molar-refractivity contribution in [2.75, 3.05) is 25.5 Å². The number of thiophene rings is 1. The van der Waals surface area contributed by atoms with E-state index in [0.717, 1.165) is 34.4 Å². The summed E-state index contributed by atoms with van der Waals surface area (Å²) in [5.41, 5.74) is 4.96. The molecule has 0 radical (unpaired) electrons. The maximum Gasteiger partial charge on any atom is 0.313 e. The summed E-state index contributed by atoms with van der Waals surface area (Å²) < 4.78 is 0. The number of nitrogens with one attached hydrogen (secondary N) is 2. The summed E-state index contributed by atoms with van der Waals surface area (Å²) in [5.74, 6) is -1.34. The summed E-state index contributed by atoms with van der Waals surface area (Å²) in [6, 6.07) is 6.02. The molecule has 0 atom stereocenters. The Kier molecular flexibility index (Phi) is 8.99. The van der Waals surface area contributed by atoms with Crippen LogP contribution in [0.2, 0.25) is 0 Å². The number of hydrogen-bond acceptors (Lipinski definition) is 5. The van der Waals surface area contributed by atoms with Crippen LogP contribution in [0, 0.1) is 6.92 Å². The molecule has 0 unspecified atom stereocenters. The van der Waals surface area contributed by atoms with Crippen molar-refractivity contribution in [1.29, 1.82) is 0 Å². The SMILES string of the molecule is C=CN(/C=C\C)CCCNC(=O)C(=O)Nc1cc(C=NC)c(C)c(-c2cc3c(s2)C=CCC3)c1. The van der Waals surface area contributed by atoms with Crippen LogP contribution < -0.4 is 10.6 Å². The average molecular weight is 477 g/mol. The van der Waals surface area contributed by atoms with Crippen LogP contribution in [-0.2, 0) is 16.0 Å². The topological polar surface area (TPSA) is 73.8 Å². The quantitative estimate of drug-likeness (QED) is 0.298. The first-order valence-corrected chi connectivity index (χ1v) is 12.2. The van der Waals surface area contributed by atoms with Crippen molar-refractivity contribution < 1.29 is 9.59 Å². The second-order valence-electron chi connectivity index (χ2n) is 8.03. The highest BCUT2D eigenvalue weighted by Gasteiger charge is 2.18. The number of aryl methyl sites for hydroxylation is 1. The molecule has 1 aromatic carbocycles. The largest absolute Gasteiger partial charge is 0.355 e. The van der Waals surface area contributed by atoms with Crippen LogP contribution in [0.15, 0.2) is 54.3 Å². The highest BCUT2D eigenvalue weighted by atomic mass is 32.1. The Balaban J connectivity index is 1.72. The third kappa shape index (κ3) is 6.32. The maximum absolute atomic E-state index is 12.6. The van der Waals surface area contributed by atoms with E-state index >= 15 is 0 Å². The van der Waals surface area contributed by atoms with Crippen LogP contribution in [0.4, 0.5) is 5.69 Å². The number of carbonyl (C=O) groups excluding carboxylic acids is 2. The first kappa shape index (κ1) is 25.2. The molecule has 0 bridgehead atoms. The fourth-order valence-corrected chi connectivity index (χ4v) is 5.05. The molecule has 1 aliphatic rings. The minimum absolute atomic E-state index is 0.398. The smallest absolute Gasteiger partial charge is 0.313 e. The highest BCUT2D eigenvalue weighted by Crippen LogP contribution is 2.38. The van der Waals surface area contributed by atoms with Crippen LogP contribution in [0.1, 0.15) is 41.3 Å². The van der Waals surface area contributed by atoms with Crippen LogP contribution in [0.25, 0.3) is 16.5 Å². The zero-order valence-electron chi connectivity index (χ0n) is 20.1. The van der Waals surface area contributed by atoms with Crippen LogP contribution in [-0.4, -0.2) is 43.1 Å². The van der Waals surface area contributed by atoms with Gasteiger partial charge in [0.05, 0.1) is 0 Å². The zero-order valence-corrected chi connectivity index (χ0v) is 20.9. The van der Waals surface area contributed by atoms with E-state index in [-0.39, 0.29) is 0 Å². The first-order chi connectivity index (χ1) is 16.5. The van der Waals surface area contributed by atoms with Gasteiger partial charge in [0.25, 0.3) is 0 Å². The molecule has 34 heavy (non-hydrogen) atoms. The minimum Gasteiger partial charge on any atom is -0.355 e. The van der Waals surface area contributed by atoms with Crippen LogP contribution in [0.5, 0.6) is 0 Å². The van der Waals surface area contributed by atoms with Crippen molar-refractivity contribution in [3.8, 4) is 10.4 Å². The first-order valence-electron chi connectivity index (χ1n) is 11.4. The Morgan fingerprint density at radius 3 is 2.79 bits per heavy atom. The van der Waals surface area contributed by atoms with Gasteiger partial charge in [-0.1, -0.05) is 18.7 Å². The van der Waals surface area contributed by atoms with E-state index in [1.165, 1.54) is 10.4 Å². The lowest BCUT2D eigenvalue weighted by molar-refractivity contribution is -0.136. The molecule has 6 nitrogen and oxygen atoms in total. The lowest BCUT2D eigenvalue weighted by Gasteiger charge is -2.15. The van der Waals surface area contributed by atoms with Crippen LogP contribution in [0.3, 0.4) is 0 Å². The Bertz CT molecular complexity index is 1140. The summed E-state index contributed by atoms with van der Waals surface area (Å²) >= 11 is 1.75. The molecule has 0 spiro atoms. The number of hydrogen-bond donors (Lipinski definition) is 2. The van der Waals surface area contributed by atoms with Gasteiger partial charge < -0.3 is 15.5 Å². The Hall–Kier alpha value is -3.45. The Morgan fingerprint density at radius 2 is 2.09 bits per heavy atom. The van der Waals surface area contributed by atoms with Gasteiger partial charge in [-0.3, -0.25) is 14.6 Å². The summed E-state index contributed by atoms with van der Waals surface area (Å²) in [6.45, 7) is 8.84. The third-order valence-electron chi connectivity index (χ3n) is 5.59. The number of anilines is 1. The van der Waals surface area contributed by atoms with E-state index in [9.17, 15) is 9.59 Å². The van der Waals surface area contributed by atoms with Gasteiger partial charge in [0.15, 0.2) is 0 Å². The molecule has 2 amide bonds. The number of fused-ring (bicyclic) bond motifs is 1. The molecular formula is C27H32N4O2S. The highest BCUT2D eigenvalue weighted by molar-refractivity contribution is 7.16. The normalized spacial score (nSPS) is 12.7. The summed E-state index contributed by atoms with van der Waals surface area (Å²) in [5, 5.41) is 5.45. The molecule has 0 saturated carbocycles. The fraction of sp³-hybridized carbons (Fsp3) is 0.296. The molecule has 1 aromatic heterocycles. The number of benzene rings is 1. The number of allylic oxidation sites excluding steroid dienone is 2. The number of rotatable bonds is 9. The fourth-order valence-electron chi connectivity index (χ4n) is 3.83. The molecule has 7 heteroatoms. The molecule has 2 aromatic rings. The van der Waals surface area contributed by atoms with Crippen LogP contribution >= 0.6 is 11.3 Å². The number of carbonyl (C=O) groups is 2. The Morgan fingerprint density at radius 1 is 1.26 bits per heavy atom. The lowest BCUT2D eigenvalue weighted by Crippen LogP contribution is -2.36. The summed E-state index contributed by atoms with van der Waals surface area (Å²) in [4.78, 5) is 33.4. The molecule has 0 fully saturated rings. The van der Waals surface area contributed by atoms with E-state index < -0.39 is 11.8 Å². The molecule has 178 valence electrons. The molecule has 1 heterocycles.